The lowest BCUT2D eigenvalue weighted by Crippen LogP contribution is -2.54. The van der Waals surface area contributed by atoms with Crippen LogP contribution < -0.4 is 22.9 Å². The summed E-state index contributed by atoms with van der Waals surface area (Å²) in [4.78, 5) is 0. The highest BCUT2D eigenvalue weighted by molar-refractivity contribution is 5.50. The van der Waals surface area contributed by atoms with Gasteiger partial charge in [-0.25, -0.2) is 0 Å². The van der Waals surface area contributed by atoms with Gasteiger partial charge in [0.1, 0.15) is 0 Å². The molecule has 0 heterocycles. The summed E-state index contributed by atoms with van der Waals surface area (Å²) in [6.45, 7) is 5.04. The van der Waals surface area contributed by atoms with Crippen molar-refractivity contribution in [1.29, 1.82) is 0 Å². The van der Waals surface area contributed by atoms with E-state index in [1.54, 1.807) is 0 Å². The van der Waals surface area contributed by atoms with Gasteiger partial charge in [0, 0.05) is 28.9 Å². The Morgan fingerprint density at radius 1 is 0.562 bits per heavy atom. The zero-order chi connectivity index (χ0) is 22.9. The molecule has 4 nitrogen and oxygen atoms in total. The van der Waals surface area contributed by atoms with Crippen LogP contribution in [0.3, 0.4) is 0 Å². The summed E-state index contributed by atoms with van der Waals surface area (Å²) in [5.41, 5.74) is 29.1. The fraction of sp³-hybridized carbons (Fsp3) is 0.571. The van der Waals surface area contributed by atoms with Crippen LogP contribution in [0.4, 0.5) is 11.4 Å². The molecule has 4 rings (SSSR count). The van der Waals surface area contributed by atoms with Crippen molar-refractivity contribution in [2.24, 2.45) is 28.7 Å². The van der Waals surface area contributed by atoms with Gasteiger partial charge in [-0.3, -0.25) is 0 Å². The van der Waals surface area contributed by atoms with Gasteiger partial charge >= 0.3 is 0 Å². The van der Waals surface area contributed by atoms with Crippen LogP contribution in [0.25, 0.3) is 0 Å². The van der Waals surface area contributed by atoms with Crippen molar-refractivity contribution in [3.05, 3.63) is 59.7 Å². The zero-order valence-corrected chi connectivity index (χ0v) is 19.9. The molecule has 4 heteroatoms. The third kappa shape index (κ3) is 4.04. The SMILES string of the molecule is CC(c1ccc(N)cc1)(c1ccc(N)cc1)C(C)(C1CCC(N)CC1)C1CCC(N)CC1. The highest BCUT2D eigenvalue weighted by Crippen LogP contribution is 2.61. The maximum Gasteiger partial charge on any atom is 0.0314 e. The fourth-order valence-electron chi connectivity index (χ4n) is 7.01. The van der Waals surface area contributed by atoms with Crippen LogP contribution in [-0.4, -0.2) is 12.1 Å². The molecule has 2 aliphatic rings. The molecule has 0 bridgehead atoms. The summed E-state index contributed by atoms with van der Waals surface area (Å²) in [7, 11) is 0. The van der Waals surface area contributed by atoms with Crippen LogP contribution in [0, 0.1) is 17.3 Å². The van der Waals surface area contributed by atoms with Crippen molar-refractivity contribution < 1.29 is 0 Å². The Morgan fingerprint density at radius 3 is 1.19 bits per heavy atom. The molecule has 0 atom stereocenters. The number of benzene rings is 2. The number of nitrogen functional groups attached to an aromatic ring is 2. The first-order valence-corrected chi connectivity index (χ1v) is 12.5. The summed E-state index contributed by atoms with van der Waals surface area (Å²) >= 11 is 0. The quantitative estimate of drug-likeness (QED) is 0.486. The molecule has 2 fully saturated rings. The van der Waals surface area contributed by atoms with Gasteiger partial charge in [0.05, 0.1) is 0 Å². The van der Waals surface area contributed by atoms with E-state index in [0.717, 1.165) is 37.1 Å². The smallest absolute Gasteiger partial charge is 0.0314 e. The van der Waals surface area contributed by atoms with E-state index in [9.17, 15) is 0 Å². The largest absolute Gasteiger partial charge is 0.399 e. The van der Waals surface area contributed by atoms with E-state index in [1.807, 2.05) is 0 Å². The summed E-state index contributed by atoms with van der Waals surface area (Å²) in [6, 6.07) is 17.9. The summed E-state index contributed by atoms with van der Waals surface area (Å²) in [6.07, 6.45) is 9.25. The van der Waals surface area contributed by atoms with Crippen LogP contribution in [0.15, 0.2) is 48.5 Å². The first-order valence-electron chi connectivity index (χ1n) is 12.5. The van der Waals surface area contributed by atoms with Crippen LogP contribution in [0.5, 0.6) is 0 Å². The molecule has 8 N–H and O–H groups in total. The molecule has 0 aromatic heterocycles. The zero-order valence-electron chi connectivity index (χ0n) is 19.9. The molecular weight excluding hydrogens is 392 g/mol. The van der Waals surface area contributed by atoms with Crippen LogP contribution in [0.2, 0.25) is 0 Å². The van der Waals surface area contributed by atoms with E-state index in [2.05, 4.69) is 62.4 Å². The van der Waals surface area contributed by atoms with Crippen molar-refractivity contribution in [1.82, 2.24) is 0 Å². The molecule has 174 valence electrons. The first-order chi connectivity index (χ1) is 15.2. The summed E-state index contributed by atoms with van der Waals surface area (Å²) < 4.78 is 0. The minimum absolute atomic E-state index is 0.0690. The first kappa shape index (κ1) is 23.1. The lowest BCUT2D eigenvalue weighted by molar-refractivity contribution is -0.0194. The average molecular weight is 435 g/mol. The molecule has 0 radical (unpaired) electrons. The van der Waals surface area contributed by atoms with Crippen molar-refractivity contribution in [2.45, 2.75) is 82.7 Å². The second-order valence-electron chi connectivity index (χ2n) is 10.9. The Bertz CT molecular complexity index is 805. The van der Waals surface area contributed by atoms with Crippen molar-refractivity contribution in [2.75, 3.05) is 11.5 Å². The molecule has 2 aromatic rings. The van der Waals surface area contributed by atoms with Crippen molar-refractivity contribution in [3.63, 3.8) is 0 Å². The normalized spacial score (nSPS) is 28.8. The molecule has 2 aliphatic carbocycles. The fourth-order valence-corrected chi connectivity index (χ4v) is 7.01. The Hall–Kier alpha value is -2.04. The Morgan fingerprint density at radius 2 is 0.875 bits per heavy atom. The molecule has 2 saturated carbocycles. The summed E-state index contributed by atoms with van der Waals surface area (Å²) in [5.74, 6) is 1.23. The minimum atomic E-state index is -0.174. The van der Waals surface area contributed by atoms with Crippen molar-refractivity contribution >= 4 is 11.4 Å². The second-order valence-corrected chi connectivity index (χ2v) is 10.9. The minimum Gasteiger partial charge on any atom is -0.399 e. The number of anilines is 2. The van der Waals surface area contributed by atoms with Gasteiger partial charge in [-0.2, -0.15) is 0 Å². The van der Waals surface area contributed by atoms with E-state index in [0.29, 0.717) is 23.9 Å². The number of hydrogen-bond acceptors (Lipinski definition) is 4. The lowest BCUT2D eigenvalue weighted by atomic mass is 9.45. The van der Waals surface area contributed by atoms with E-state index in [-0.39, 0.29) is 10.8 Å². The molecule has 0 saturated heterocycles. The lowest BCUT2D eigenvalue weighted by Gasteiger charge is -2.58. The van der Waals surface area contributed by atoms with Gasteiger partial charge in [0.2, 0.25) is 0 Å². The molecule has 0 aliphatic heterocycles. The molecule has 0 spiro atoms. The molecule has 0 unspecified atom stereocenters. The predicted octanol–water partition coefficient (Wildman–Crippen LogP) is 5.20. The number of nitrogens with two attached hydrogens (primary N) is 4. The third-order valence-electron chi connectivity index (χ3n) is 9.29. The van der Waals surface area contributed by atoms with Crippen LogP contribution in [-0.2, 0) is 5.41 Å². The van der Waals surface area contributed by atoms with Crippen LogP contribution in [0.1, 0.15) is 76.3 Å². The van der Waals surface area contributed by atoms with E-state index >= 15 is 0 Å². The van der Waals surface area contributed by atoms with Gasteiger partial charge in [-0.05, 0) is 104 Å². The van der Waals surface area contributed by atoms with Gasteiger partial charge in [0.25, 0.3) is 0 Å². The highest BCUT2D eigenvalue weighted by Gasteiger charge is 2.55. The summed E-state index contributed by atoms with van der Waals surface area (Å²) in [5, 5.41) is 0. The van der Waals surface area contributed by atoms with E-state index in [4.69, 9.17) is 22.9 Å². The molecular formula is C28H42N4. The standard InChI is InChI=1S/C28H42N4/c1-27(19-3-11-23(29)12-4-19,20-5-13-24(30)14-6-20)28(2,21-7-15-25(31)16-8-21)22-9-17-26(32)18-10-22/h3-6,11-14,21-22,25-26H,7-10,15-18,29-32H2,1-2H3. The van der Waals surface area contributed by atoms with E-state index < -0.39 is 0 Å². The van der Waals surface area contributed by atoms with Gasteiger partial charge in [-0.1, -0.05) is 38.1 Å². The molecule has 2 aromatic carbocycles. The third-order valence-corrected chi connectivity index (χ3v) is 9.29. The Labute approximate surface area is 194 Å². The Kier molecular flexibility index (Phi) is 6.56. The number of hydrogen-bond donors (Lipinski definition) is 4. The van der Waals surface area contributed by atoms with Gasteiger partial charge < -0.3 is 22.9 Å². The highest BCUT2D eigenvalue weighted by atomic mass is 14.7. The monoisotopic (exact) mass is 434 g/mol. The van der Waals surface area contributed by atoms with Gasteiger partial charge in [-0.15, -0.1) is 0 Å². The maximum atomic E-state index is 6.36. The average Bonchev–Trinajstić information content (AvgIpc) is 2.80. The number of rotatable bonds is 5. The van der Waals surface area contributed by atoms with Crippen LogP contribution >= 0.6 is 0 Å². The van der Waals surface area contributed by atoms with Gasteiger partial charge in [0.15, 0.2) is 0 Å². The second kappa shape index (κ2) is 9.07. The topological polar surface area (TPSA) is 104 Å². The van der Waals surface area contributed by atoms with E-state index in [1.165, 1.54) is 36.8 Å². The predicted molar refractivity (Wildman–Crippen MR) is 136 cm³/mol. The molecule has 32 heavy (non-hydrogen) atoms. The Balaban J connectivity index is 1.89. The van der Waals surface area contributed by atoms with Crippen molar-refractivity contribution in [3.8, 4) is 0 Å². The molecule has 0 amide bonds. The maximum absolute atomic E-state index is 6.36.